The summed E-state index contributed by atoms with van der Waals surface area (Å²) in [4.78, 5) is 0. The van der Waals surface area contributed by atoms with Gasteiger partial charge >= 0.3 is 0 Å². The highest BCUT2D eigenvalue weighted by molar-refractivity contribution is 6.31. The maximum absolute atomic E-state index is 10.4. The maximum Gasteiger partial charge on any atom is 0.139 e. The van der Waals surface area contributed by atoms with Gasteiger partial charge in [-0.1, -0.05) is 11.6 Å². The molecule has 0 aliphatic rings. The molecule has 1 atom stereocenters. The largest absolute Gasteiger partial charge is 0.380 e. The van der Waals surface area contributed by atoms with Gasteiger partial charge in [-0.15, -0.1) is 0 Å². The van der Waals surface area contributed by atoms with E-state index in [1.807, 2.05) is 13.8 Å². The number of aliphatic hydroxyl groups excluding tert-OH is 1. The average molecular weight is 255 g/mol. The summed E-state index contributed by atoms with van der Waals surface area (Å²) >= 11 is 6.08. The van der Waals surface area contributed by atoms with E-state index in [1.165, 1.54) is 0 Å². The van der Waals surface area contributed by atoms with E-state index in [0.29, 0.717) is 16.4 Å². The van der Waals surface area contributed by atoms with Crippen LogP contribution >= 0.6 is 11.6 Å². The molecule has 1 N–H and O–H groups in total. The molecule has 2 heterocycles. The van der Waals surface area contributed by atoms with E-state index in [9.17, 15) is 5.11 Å². The molecule has 0 aromatic carbocycles. The van der Waals surface area contributed by atoms with Crippen LogP contribution in [0.3, 0.4) is 0 Å². The van der Waals surface area contributed by atoms with Crippen LogP contribution in [0.2, 0.25) is 5.02 Å². The van der Waals surface area contributed by atoms with Crippen molar-refractivity contribution in [3.63, 3.8) is 0 Å². The van der Waals surface area contributed by atoms with Crippen LogP contribution in [-0.4, -0.2) is 24.7 Å². The molecule has 1 unspecified atom stereocenters. The topological polar surface area (TPSA) is 55.9 Å². The maximum atomic E-state index is 10.4. The fourth-order valence-electron chi connectivity index (χ4n) is 1.81. The Morgan fingerprint density at radius 3 is 2.59 bits per heavy atom. The predicted molar refractivity (Wildman–Crippen MR) is 64.9 cm³/mol. The van der Waals surface area contributed by atoms with Crippen molar-refractivity contribution < 1.29 is 5.11 Å². The van der Waals surface area contributed by atoms with Crippen molar-refractivity contribution in [3.05, 3.63) is 34.9 Å². The molecule has 2 aromatic heterocycles. The van der Waals surface area contributed by atoms with Gasteiger partial charge in [0.05, 0.1) is 22.6 Å². The van der Waals surface area contributed by atoms with E-state index in [2.05, 4.69) is 10.2 Å². The molecule has 0 bridgehead atoms. The van der Waals surface area contributed by atoms with E-state index >= 15 is 0 Å². The van der Waals surface area contributed by atoms with Crippen LogP contribution in [0.25, 0.3) is 0 Å². The Bertz CT molecular complexity index is 517. The van der Waals surface area contributed by atoms with Crippen LogP contribution in [0.1, 0.15) is 37.4 Å². The van der Waals surface area contributed by atoms with Gasteiger partial charge in [-0.2, -0.15) is 10.2 Å². The molecular weight excluding hydrogens is 240 g/mol. The van der Waals surface area contributed by atoms with E-state index in [-0.39, 0.29) is 6.04 Å². The lowest BCUT2D eigenvalue weighted by molar-refractivity contribution is 0.195. The zero-order valence-electron chi connectivity index (χ0n) is 10.0. The molecular formula is C11H15ClN4O. The van der Waals surface area contributed by atoms with Crippen LogP contribution in [-0.2, 0) is 7.05 Å². The Morgan fingerprint density at radius 1 is 1.35 bits per heavy atom. The third-order valence-corrected chi connectivity index (χ3v) is 2.97. The second-order valence-electron chi connectivity index (χ2n) is 4.20. The lowest BCUT2D eigenvalue weighted by Crippen LogP contribution is -2.14. The van der Waals surface area contributed by atoms with Gasteiger partial charge in [-0.25, -0.2) is 0 Å². The van der Waals surface area contributed by atoms with Gasteiger partial charge in [0.25, 0.3) is 0 Å². The summed E-state index contributed by atoms with van der Waals surface area (Å²) in [5.41, 5.74) is 1.29. The van der Waals surface area contributed by atoms with Crippen molar-refractivity contribution in [1.29, 1.82) is 0 Å². The van der Waals surface area contributed by atoms with E-state index in [1.54, 1.807) is 34.9 Å². The van der Waals surface area contributed by atoms with Gasteiger partial charge in [-0.3, -0.25) is 9.36 Å². The van der Waals surface area contributed by atoms with Crippen LogP contribution in [0.5, 0.6) is 0 Å². The summed E-state index contributed by atoms with van der Waals surface area (Å²) in [5, 5.41) is 19.0. The Morgan fingerprint density at radius 2 is 2.06 bits per heavy atom. The van der Waals surface area contributed by atoms with Crippen molar-refractivity contribution in [2.24, 2.45) is 7.05 Å². The van der Waals surface area contributed by atoms with E-state index in [4.69, 9.17) is 11.6 Å². The minimum atomic E-state index is -0.820. The summed E-state index contributed by atoms with van der Waals surface area (Å²) in [6.45, 7) is 3.98. The summed E-state index contributed by atoms with van der Waals surface area (Å²) < 4.78 is 3.35. The number of nitrogens with zero attached hydrogens (tertiary/aromatic N) is 4. The first-order chi connectivity index (χ1) is 8.02. The average Bonchev–Trinajstić information content (AvgIpc) is 2.83. The number of aliphatic hydroxyl groups is 1. The molecule has 0 aliphatic heterocycles. The van der Waals surface area contributed by atoms with Crippen molar-refractivity contribution >= 4 is 11.6 Å². The quantitative estimate of drug-likeness (QED) is 0.911. The third kappa shape index (κ3) is 2.08. The van der Waals surface area contributed by atoms with Gasteiger partial charge in [0, 0.05) is 19.3 Å². The summed E-state index contributed by atoms with van der Waals surface area (Å²) in [7, 11) is 1.78. The third-order valence-electron chi connectivity index (χ3n) is 2.67. The SMILES string of the molecule is CC(C)n1ncc(Cl)c1C(O)c1ccnn1C. The predicted octanol–water partition coefficient (Wildman–Crippen LogP) is 1.93. The number of aryl methyl sites for hydroxylation is 1. The van der Waals surface area contributed by atoms with Gasteiger partial charge < -0.3 is 5.11 Å². The minimum Gasteiger partial charge on any atom is -0.380 e. The molecule has 0 fully saturated rings. The second-order valence-corrected chi connectivity index (χ2v) is 4.61. The van der Waals surface area contributed by atoms with Crippen LogP contribution in [0, 0.1) is 0 Å². The lowest BCUT2D eigenvalue weighted by Gasteiger charge is -2.16. The normalized spacial score (nSPS) is 13.3. The Labute approximate surface area is 105 Å². The fraction of sp³-hybridized carbons (Fsp3) is 0.455. The number of hydrogen-bond acceptors (Lipinski definition) is 3. The van der Waals surface area contributed by atoms with E-state index in [0.717, 1.165) is 0 Å². The number of aromatic nitrogens is 4. The zero-order chi connectivity index (χ0) is 12.6. The van der Waals surface area contributed by atoms with Crippen molar-refractivity contribution in [3.8, 4) is 0 Å². The first-order valence-corrected chi connectivity index (χ1v) is 5.79. The van der Waals surface area contributed by atoms with Crippen molar-refractivity contribution in [2.75, 3.05) is 0 Å². The molecule has 5 nitrogen and oxygen atoms in total. The summed E-state index contributed by atoms with van der Waals surface area (Å²) in [6.07, 6.45) is 2.37. The summed E-state index contributed by atoms with van der Waals surface area (Å²) in [6, 6.07) is 1.90. The molecule has 92 valence electrons. The first kappa shape index (κ1) is 12.1. The monoisotopic (exact) mass is 254 g/mol. The van der Waals surface area contributed by atoms with Crippen LogP contribution in [0.15, 0.2) is 18.5 Å². The molecule has 0 amide bonds. The van der Waals surface area contributed by atoms with E-state index < -0.39 is 6.10 Å². The van der Waals surface area contributed by atoms with Gasteiger partial charge in [0.15, 0.2) is 0 Å². The highest BCUT2D eigenvalue weighted by atomic mass is 35.5. The molecule has 17 heavy (non-hydrogen) atoms. The number of hydrogen-bond donors (Lipinski definition) is 1. The lowest BCUT2D eigenvalue weighted by atomic mass is 10.1. The van der Waals surface area contributed by atoms with Crippen molar-refractivity contribution in [1.82, 2.24) is 19.6 Å². The smallest absolute Gasteiger partial charge is 0.139 e. The summed E-state index contributed by atoms with van der Waals surface area (Å²) in [5.74, 6) is 0. The highest BCUT2D eigenvalue weighted by Gasteiger charge is 2.23. The van der Waals surface area contributed by atoms with Gasteiger partial charge in [0.1, 0.15) is 6.10 Å². The van der Waals surface area contributed by atoms with Gasteiger partial charge in [0.2, 0.25) is 0 Å². The number of halogens is 1. The standard InChI is InChI=1S/C11H15ClN4O/c1-7(2)16-10(8(12)6-14-16)11(17)9-4-5-13-15(9)3/h4-7,11,17H,1-3H3. The molecule has 2 aromatic rings. The Hall–Kier alpha value is -1.33. The minimum absolute atomic E-state index is 0.139. The highest BCUT2D eigenvalue weighted by Crippen LogP contribution is 2.29. The fourth-order valence-corrected chi connectivity index (χ4v) is 2.04. The molecule has 0 spiro atoms. The molecule has 0 saturated carbocycles. The van der Waals surface area contributed by atoms with Gasteiger partial charge in [-0.05, 0) is 19.9 Å². The second kappa shape index (κ2) is 4.50. The molecule has 0 saturated heterocycles. The van der Waals surface area contributed by atoms with Crippen LogP contribution < -0.4 is 0 Å². The number of rotatable bonds is 3. The zero-order valence-corrected chi connectivity index (χ0v) is 10.8. The first-order valence-electron chi connectivity index (χ1n) is 5.41. The van der Waals surface area contributed by atoms with Crippen LogP contribution in [0.4, 0.5) is 0 Å². The molecule has 2 rings (SSSR count). The van der Waals surface area contributed by atoms with Crippen molar-refractivity contribution in [2.45, 2.75) is 26.0 Å². The molecule has 0 aliphatic carbocycles. The molecule has 0 radical (unpaired) electrons. The molecule has 6 heteroatoms. The Balaban J connectivity index is 2.47. The Kier molecular flexibility index (Phi) is 3.22.